The first kappa shape index (κ1) is 8.79. The van der Waals surface area contributed by atoms with Crippen LogP contribution < -0.4 is 4.74 Å². The second kappa shape index (κ2) is 2.76. The van der Waals surface area contributed by atoms with Crippen molar-refractivity contribution < 1.29 is 4.74 Å². The number of fused-ring (bicyclic) bond motifs is 1. The molecular formula is C13H13NO. The normalized spacial score (nSPS) is 31.6. The van der Waals surface area contributed by atoms with E-state index in [1.807, 2.05) is 0 Å². The highest BCUT2D eigenvalue weighted by Gasteiger charge is 2.51. The van der Waals surface area contributed by atoms with Crippen LogP contribution in [0.5, 0.6) is 5.75 Å². The molecule has 2 unspecified atom stereocenters. The molecule has 1 aromatic rings. The van der Waals surface area contributed by atoms with Gasteiger partial charge in [0.05, 0.1) is 18.6 Å². The van der Waals surface area contributed by atoms with E-state index in [0.29, 0.717) is 0 Å². The summed E-state index contributed by atoms with van der Waals surface area (Å²) in [7, 11) is 0. The molecule has 0 bridgehead atoms. The van der Waals surface area contributed by atoms with E-state index < -0.39 is 0 Å². The quantitative estimate of drug-likeness (QED) is 0.696. The molecule has 2 heteroatoms. The molecule has 2 aliphatic rings. The van der Waals surface area contributed by atoms with E-state index in [4.69, 9.17) is 10.00 Å². The van der Waals surface area contributed by atoms with Crippen LogP contribution in [0.1, 0.15) is 24.5 Å². The van der Waals surface area contributed by atoms with Crippen LogP contribution in [0.25, 0.3) is 0 Å². The van der Waals surface area contributed by atoms with Crippen LogP contribution in [0, 0.1) is 17.2 Å². The Bertz CT molecular complexity index is 460. The van der Waals surface area contributed by atoms with Gasteiger partial charge in [0.1, 0.15) is 5.75 Å². The lowest BCUT2D eigenvalue weighted by Gasteiger charge is -2.10. The van der Waals surface area contributed by atoms with Crippen LogP contribution in [0.4, 0.5) is 0 Å². The van der Waals surface area contributed by atoms with Gasteiger partial charge in [-0.15, -0.1) is 0 Å². The first-order chi connectivity index (χ1) is 7.24. The van der Waals surface area contributed by atoms with Gasteiger partial charge in [-0.1, -0.05) is 19.1 Å². The second-order valence-corrected chi connectivity index (χ2v) is 4.72. The summed E-state index contributed by atoms with van der Waals surface area (Å²) in [4.78, 5) is 0. The van der Waals surface area contributed by atoms with Crippen molar-refractivity contribution in [2.24, 2.45) is 5.92 Å². The van der Waals surface area contributed by atoms with Crippen LogP contribution in [0.3, 0.4) is 0 Å². The van der Waals surface area contributed by atoms with E-state index in [1.165, 1.54) is 11.1 Å². The summed E-state index contributed by atoms with van der Waals surface area (Å²) in [5.41, 5.74) is 2.71. The number of benzene rings is 1. The minimum atomic E-state index is 0.104. The van der Waals surface area contributed by atoms with Gasteiger partial charge in [0.15, 0.2) is 0 Å². The predicted octanol–water partition coefficient (Wildman–Crippen LogP) is 2.42. The second-order valence-electron chi connectivity index (χ2n) is 4.72. The Morgan fingerprint density at radius 1 is 1.53 bits per heavy atom. The SMILES string of the molecule is CC1(c2ccc3c(c2)CCO3)CC1C#N. The molecular weight excluding hydrogens is 186 g/mol. The van der Waals surface area contributed by atoms with Gasteiger partial charge >= 0.3 is 0 Å². The Morgan fingerprint density at radius 3 is 3.13 bits per heavy atom. The molecule has 2 nitrogen and oxygen atoms in total. The fraction of sp³-hybridized carbons (Fsp3) is 0.462. The highest BCUT2D eigenvalue weighted by atomic mass is 16.5. The highest BCUT2D eigenvalue weighted by Crippen LogP contribution is 2.54. The fourth-order valence-electron chi connectivity index (χ4n) is 2.41. The molecule has 1 heterocycles. The number of hydrogen-bond acceptors (Lipinski definition) is 2. The molecule has 1 fully saturated rings. The topological polar surface area (TPSA) is 33.0 Å². The molecule has 0 saturated heterocycles. The minimum Gasteiger partial charge on any atom is -0.493 e. The van der Waals surface area contributed by atoms with Crippen molar-refractivity contribution in [3.8, 4) is 11.8 Å². The van der Waals surface area contributed by atoms with Crippen molar-refractivity contribution in [3.05, 3.63) is 29.3 Å². The maximum atomic E-state index is 8.92. The van der Waals surface area contributed by atoms with E-state index in [1.54, 1.807) is 0 Å². The maximum Gasteiger partial charge on any atom is 0.122 e. The lowest BCUT2D eigenvalue weighted by Crippen LogP contribution is -2.03. The summed E-state index contributed by atoms with van der Waals surface area (Å²) in [6, 6.07) is 8.75. The van der Waals surface area contributed by atoms with Crippen molar-refractivity contribution in [3.63, 3.8) is 0 Å². The third kappa shape index (κ3) is 1.16. The molecule has 1 aliphatic heterocycles. The molecule has 1 saturated carbocycles. The van der Waals surface area contributed by atoms with Crippen molar-refractivity contribution in [2.75, 3.05) is 6.61 Å². The van der Waals surface area contributed by atoms with Crippen LogP contribution >= 0.6 is 0 Å². The molecule has 0 spiro atoms. The monoisotopic (exact) mass is 199 g/mol. The molecule has 0 amide bonds. The molecule has 2 atom stereocenters. The molecule has 0 N–H and O–H groups in total. The van der Waals surface area contributed by atoms with Crippen LogP contribution in [-0.4, -0.2) is 6.61 Å². The maximum absolute atomic E-state index is 8.92. The molecule has 1 aliphatic carbocycles. The molecule has 0 radical (unpaired) electrons. The molecule has 3 rings (SSSR count). The summed E-state index contributed by atoms with van der Waals surface area (Å²) < 4.78 is 5.47. The van der Waals surface area contributed by atoms with Crippen molar-refractivity contribution in [2.45, 2.75) is 25.2 Å². The van der Waals surface area contributed by atoms with Gasteiger partial charge < -0.3 is 4.74 Å². The summed E-state index contributed by atoms with van der Waals surface area (Å²) >= 11 is 0. The standard InChI is InChI=1S/C13H13NO/c1-13(7-11(13)8-14)10-2-3-12-9(6-10)4-5-15-12/h2-3,6,11H,4-5,7H2,1H3. The minimum absolute atomic E-state index is 0.104. The van der Waals surface area contributed by atoms with E-state index >= 15 is 0 Å². The van der Waals surface area contributed by atoms with Crippen LogP contribution in [0.2, 0.25) is 0 Å². The molecule has 76 valence electrons. The lowest BCUT2D eigenvalue weighted by molar-refractivity contribution is 0.357. The highest BCUT2D eigenvalue weighted by molar-refractivity contribution is 5.45. The van der Waals surface area contributed by atoms with Gasteiger partial charge in [-0.3, -0.25) is 0 Å². The Labute approximate surface area is 89.5 Å². The Kier molecular flexibility index (Phi) is 1.62. The zero-order valence-corrected chi connectivity index (χ0v) is 8.79. The third-order valence-electron chi connectivity index (χ3n) is 3.74. The number of hydrogen-bond donors (Lipinski definition) is 0. The van der Waals surface area contributed by atoms with Gasteiger partial charge in [-0.2, -0.15) is 5.26 Å². The fourth-order valence-corrected chi connectivity index (χ4v) is 2.41. The van der Waals surface area contributed by atoms with Gasteiger partial charge in [-0.05, 0) is 23.6 Å². The lowest BCUT2D eigenvalue weighted by atomic mass is 9.93. The molecule has 1 aromatic carbocycles. The Morgan fingerprint density at radius 2 is 2.40 bits per heavy atom. The average molecular weight is 199 g/mol. The third-order valence-corrected chi connectivity index (χ3v) is 3.74. The Balaban J connectivity index is 1.98. The number of ether oxygens (including phenoxy) is 1. The summed E-state index contributed by atoms with van der Waals surface area (Å²) in [6.07, 6.45) is 2.01. The first-order valence-corrected chi connectivity index (χ1v) is 5.40. The smallest absolute Gasteiger partial charge is 0.122 e. The van der Waals surface area contributed by atoms with Gasteiger partial charge in [0, 0.05) is 11.8 Å². The van der Waals surface area contributed by atoms with Gasteiger partial charge in [0.2, 0.25) is 0 Å². The summed E-state index contributed by atoms with van der Waals surface area (Å²) in [6.45, 7) is 2.98. The van der Waals surface area contributed by atoms with E-state index in [-0.39, 0.29) is 11.3 Å². The Hall–Kier alpha value is -1.49. The largest absolute Gasteiger partial charge is 0.493 e. The van der Waals surface area contributed by atoms with Gasteiger partial charge in [0.25, 0.3) is 0 Å². The average Bonchev–Trinajstić information content (AvgIpc) is 2.74. The summed E-state index contributed by atoms with van der Waals surface area (Å²) in [5, 5.41) is 8.92. The van der Waals surface area contributed by atoms with E-state index in [2.05, 4.69) is 31.2 Å². The zero-order chi connectivity index (χ0) is 10.5. The van der Waals surface area contributed by atoms with Crippen molar-refractivity contribution >= 4 is 0 Å². The van der Waals surface area contributed by atoms with Crippen molar-refractivity contribution in [1.82, 2.24) is 0 Å². The predicted molar refractivity (Wildman–Crippen MR) is 56.7 cm³/mol. The number of nitrogens with zero attached hydrogens (tertiary/aromatic N) is 1. The van der Waals surface area contributed by atoms with Crippen LogP contribution in [-0.2, 0) is 11.8 Å². The number of rotatable bonds is 1. The van der Waals surface area contributed by atoms with Crippen LogP contribution in [0.15, 0.2) is 18.2 Å². The first-order valence-electron chi connectivity index (χ1n) is 5.40. The number of nitriles is 1. The van der Waals surface area contributed by atoms with Gasteiger partial charge in [-0.25, -0.2) is 0 Å². The molecule has 15 heavy (non-hydrogen) atoms. The molecule has 0 aromatic heterocycles. The van der Waals surface area contributed by atoms with Crippen molar-refractivity contribution in [1.29, 1.82) is 5.26 Å². The zero-order valence-electron chi connectivity index (χ0n) is 8.79. The van der Waals surface area contributed by atoms with E-state index in [0.717, 1.165) is 25.2 Å². The van der Waals surface area contributed by atoms with E-state index in [9.17, 15) is 0 Å². The summed E-state index contributed by atoms with van der Waals surface area (Å²) in [5.74, 6) is 1.23.